The van der Waals surface area contributed by atoms with E-state index in [9.17, 15) is 18.3 Å². The predicted octanol–water partition coefficient (Wildman–Crippen LogP) is 2.26. The number of aliphatic hydroxyl groups is 1. The average Bonchev–Trinajstić information content (AvgIpc) is 2.83. The molecule has 2 N–H and O–H groups in total. The van der Waals surface area contributed by atoms with Crippen molar-refractivity contribution in [3.05, 3.63) is 53.3 Å². The Hall–Kier alpha value is -1.86. The maximum absolute atomic E-state index is 12.6. The van der Waals surface area contributed by atoms with E-state index in [0.717, 1.165) is 17.8 Å². The van der Waals surface area contributed by atoms with E-state index in [-0.39, 0.29) is 12.1 Å². The van der Waals surface area contributed by atoms with E-state index >= 15 is 0 Å². The van der Waals surface area contributed by atoms with Crippen molar-refractivity contribution in [1.82, 2.24) is 15.1 Å². The van der Waals surface area contributed by atoms with E-state index < -0.39 is 17.8 Å². The van der Waals surface area contributed by atoms with Gasteiger partial charge in [0.25, 0.3) is 0 Å². The van der Waals surface area contributed by atoms with Crippen LogP contribution < -0.4 is 5.32 Å². The van der Waals surface area contributed by atoms with Crippen LogP contribution in [0, 0.1) is 0 Å². The third-order valence-electron chi connectivity index (χ3n) is 3.16. The summed E-state index contributed by atoms with van der Waals surface area (Å²) in [6.45, 7) is 0.638. The van der Waals surface area contributed by atoms with Crippen molar-refractivity contribution >= 4 is 0 Å². The molecule has 114 valence electrons. The van der Waals surface area contributed by atoms with Crippen LogP contribution in [0.2, 0.25) is 0 Å². The molecule has 0 saturated heterocycles. The molecular weight excluding hydrogens is 283 g/mol. The summed E-state index contributed by atoms with van der Waals surface area (Å²) in [5.41, 5.74) is 0.402. The van der Waals surface area contributed by atoms with Crippen molar-refractivity contribution in [1.29, 1.82) is 0 Å². The first-order valence-electron chi connectivity index (χ1n) is 6.41. The Labute approximate surface area is 120 Å². The molecule has 0 saturated carbocycles. The zero-order valence-corrected chi connectivity index (χ0v) is 11.4. The summed E-state index contributed by atoms with van der Waals surface area (Å²) in [5, 5.41) is 16.9. The topological polar surface area (TPSA) is 50.1 Å². The van der Waals surface area contributed by atoms with Crippen LogP contribution in [0.25, 0.3) is 0 Å². The van der Waals surface area contributed by atoms with Crippen LogP contribution in [-0.2, 0) is 19.8 Å². The highest BCUT2D eigenvalue weighted by Gasteiger charge is 2.30. The van der Waals surface area contributed by atoms with Gasteiger partial charge in [-0.05, 0) is 23.8 Å². The summed E-state index contributed by atoms with van der Waals surface area (Å²) in [6, 6.07) is 6.55. The highest BCUT2D eigenvalue weighted by atomic mass is 19.4. The zero-order valence-electron chi connectivity index (χ0n) is 11.4. The maximum atomic E-state index is 12.6. The lowest BCUT2D eigenvalue weighted by molar-refractivity contribution is -0.137. The number of rotatable bonds is 5. The SMILES string of the molecule is Cn1nccc1CNCC(O)c1cccc(C(F)(F)F)c1. The van der Waals surface area contributed by atoms with Gasteiger partial charge in [-0.25, -0.2) is 0 Å². The first-order valence-corrected chi connectivity index (χ1v) is 6.41. The summed E-state index contributed by atoms with van der Waals surface area (Å²) < 4.78 is 39.5. The van der Waals surface area contributed by atoms with Gasteiger partial charge in [0.1, 0.15) is 0 Å². The van der Waals surface area contributed by atoms with E-state index in [1.807, 2.05) is 6.07 Å². The molecule has 1 aromatic carbocycles. The summed E-state index contributed by atoms with van der Waals surface area (Å²) in [5.74, 6) is 0. The molecule has 0 fully saturated rings. The van der Waals surface area contributed by atoms with Crippen LogP contribution in [0.1, 0.15) is 22.9 Å². The smallest absolute Gasteiger partial charge is 0.387 e. The lowest BCUT2D eigenvalue weighted by atomic mass is 10.1. The molecule has 1 heterocycles. The van der Waals surface area contributed by atoms with E-state index in [0.29, 0.717) is 6.54 Å². The van der Waals surface area contributed by atoms with Gasteiger partial charge in [0.05, 0.1) is 17.4 Å². The Morgan fingerprint density at radius 1 is 1.33 bits per heavy atom. The number of alkyl halides is 3. The van der Waals surface area contributed by atoms with Crippen LogP contribution in [0.4, 0.5) is 13.2 Å². The normalized spacial score (nSPS) is 13.4. The third kappa shape index (κ3) is 4.05. The molecule has 2 aromatic rings. The quantitative estimate of drug-likeness (QED) is 0.890. The molecule has 7 heteroatoms. The minimum Gasteiger partial charge on any atom is -0.387 e. The van der Waals surface area contributed by atoms with Gasteiger partial charge in [-0.1, -0.05) is 12.1 Å². The number of aliphatic hydroxyl groups excluding tert-OH is 1. The van der Waals surface area contributed by atoms with Gasteiger partial charge in [-0.2, -0.15) is 18.3 Å². The minimum absolute atomic E-state index is 0.159. The summed E-state index contributed by atoms with van der Waals surface area (Å²) in [6.07, 6.45) is -3.75. The van der Waals surface area contributed by atoms with Crippen LogP contribution in [0.5, 0.6) is 0 Å². The largest absolute Gasteiger partial charge is 0.416 e. The molecule has 4 nitrogen and oxygen atoms in total. The Morgan fingerprint density at radius 2 is 2.10 bits per heavy atom. The maximum Gasteiger partial charge on any atom is 0.416 e. The van der Waals surface area contributed by atoms with Gasteiger partial charge in [0.2, 0.25) is 0 Å². The second-order valence-corrected chi connectivity index (χ2v) is 4.72. The molecule has 0 aliphatic carbocycles. The van der Waals surface area contributed by atoms with E-state index in [4.69, 9.17) is 0 Å². The summed E-state index contributed by atoms with van der Waals surface area (Å²) >= 11 is 0. The number of aryl methyl sites for hydroxylation is 1. The molecule has 1 aromatic heterocycles. The summed E-state index contributed by atoms with van der Waals surface area (Å²) in [7, 11) is 1.79. The van der Waals surface area contributed by atoms with E-state index in [1.54, 1.807) is 17.9 Å². The number of halogens is 3. The standard InChI is InChI=1S/C14H16F3N3O/c1-20-12(5-6-19-20)8-18-9-13(21)10-3-2-4-11(7-10)14(15,16)17/h2-7,13,18,21H,8-9H2,1H3. The molecule has 0 spiro atoms. The van der Waals surface area contributed by atoms with Crippen molar-refractivity contribution in [2.75, 3.05) is 6.54 Å². The molecule has 1 unspecified atom stereocenters. The number of nitrogens with zero attached hydrogens (tertiary/aromatic N) is 2. The highest BCUT2D eigenvalue weighted by Crippen LogP contribution is 2.30. The van der Waals surface area contributed by atoms with Crippen molar-refractivity contribution in [2.24, 2.45) is 7.05 Å². The molecular formula is C14H16F3N3O. The lowest BCUT2D eigenvalue weighted by Crippen LogP contribution is -2.22. The number of benzene rings is 1. The third-order valence-corrected chi connectivity index (χ3v) is 3.16. The Balaban J connectivity index is 1.94. The number of nitrogens with one attached hydrogen (secondary N) is 1. The Kier molecular flexibility index (Phi) is 4.64. The molecule has 0 aliphatic heterocycles. The van der Waals surface area contributed by atoms with E-state index in [1.165, 1.54) is 12.1 Å². The van der Waals surface area contributed by atoms with Crippen LogP contribution in [0.15, 0.2) is 36.5 Å². The van der Waals surface area contributed by atoms with Gasteiger partial charge < -0.3 is 10.4 Å². The average molecular weight is 299 g/mol. The Bertz CT molecular complexity index is 595. The van der Waals surface area contributed by atoms with Crippen molar-refractivity contribution < 1.29 is 18.3 Å². The van der Waals surface area contributed by atoms with Gasteiger partial charge in [0, 0.05) is 26.3 Å². The van der Waals surface area contributed by atoms with Crippen molar-refractivity contribution in [3.63, 3.8) is 0 Å². The van der Waals surface area contributed by atoms with Gasteiger partial charge in [0.15, 0.2) is 0 Å². The lowest BCUT2D eigenvalue weighted by Gasteiger charge is -2.14. The van der Waals surface area contributed by atoms with Gasteiger partial charge >= 0.3 is 6.18 Å². The van der Waals surface area contributed by atoms with Gasteiger partial charge in [-0.15, -0.1) is 0 Å². The number of aromatic nitrogens is 2. The monoisotopic (exact) mass is 299 g/mol. The molecule has 0 bridgehead atoms. The first-order chi connectivity index (χ1) is 9.88. The number of hydrogen-bond acceptors (Lipinski definition) is 3. The Morgan fingerprint density at radius 3 is 2.71 bits per heavy atom. The highest BCUT2D eigenvalue weighted by molar-refractivity contribution is 5.27. The fourth-order valence-corrected chi connectivity index (χ4v) is 1.95. The molecule has 0 amide bonds. The number of hydrogen-bond donors (Lipinski definition) is 2. The molecule has 2 rings (SSSR count). The summed E-state index contributed by atoms with van der Waals surface area (Å²) in [4.78, 5) is 0. The fraction of sp³-hybridized carbons (Fsp3) is 0.357. The second-order valence-electron chi connectivity index (χ2n) is 4.72. The molecule has 21 heavy (non-hydrogen) atoms. The second kappa shape index (κ2) is 6.28. The van der Waals surface area contributed by atoms with Crippen LogP contribution in [0.3, 0.4) is 0 Å². The molecule has 0 radical (unpaired) electrons. The van der Waals surface area contributed by atoms with Gasteiger partial charge in [-0.3, -0.25) is 4.68 Å². The van der Waals surface area contributed by atoms with Crippen LogP contribution >= 0.6 is 0 Å². The minimum atomic E-state index is -4.40. The fourth-order valence-electron chi connectivity index (χ4n) is 1.95. The molecule has 1 atom stereocenters. The van der Waals surface area contributed by atoms with E-state index in [2.05, 4.69) is 10.4 Å². The predicted molar refractivity (Wildman–Crippen MR) is 71.3 cm³/mol. The first kappa shape index (κ1) is 15.5. The van der Waals surface area contributed by atoms with Crippen molar-refractivity contribution in [3.8, 4) is 0 Å². The van der Waals surface area contributed by atoms with Crippen LogP contribution in [-0.4, -0.2) is 21.4 Å². The zero-order chi connectivity index (χ0) is 15.5. The van der Waals surface area contributed by atoms with Crippen molar-refractivity contribution in [2.45, 2.75) is 18.8 Å². The molecule has 0 aliphatic rings.